The third-order valence-corrected chi connectivity index (χ3v) is 6.64. The van der Waals surface area contributed by atoms with E-state index in [1.165, 1.54) is 42.7 Å². The van der Waals surface area contributed by atoms with Gasteiger partial charge in [0, 0.05) is 17.8 Å². The Morgan fingerprint density at radius 1 is 0.951 bits per heavy atom. The van der Waals surface area contributed by atoms with Gasteiger partial charge in [-0.1, -0.05) is 18.2 Å². The summed E-state index contributed by atoms with van der Waals surface area (Å²) in [4.78, 5) is 26.7. The van der Waals surface area contributed by atoms with Crippen LogP contribution in [0.15, 0.2) is 76.3 Å². The number of halogens is 2. The fourth-order valence-corrected chi connectivity index (χ4v) is 4.84. The molecule has 0 aliphatic carbocycles. The van der Waals surface area contributed by atoms with Crippen molar-refractivity contribution < 1.29 is 17.9 Å². The van der Waals surface area contributed by atoms with E-state index in [1.54, 1.807) is 36.0 Å². The predicted molar refractivity (Wildman–Crippen MR) is 150 cm³/mol. The van der Waals surface area contributed by atoms with Crippen molar-refractivity contribution in [1.29, 1.82) is 0 Å². The van der Waals surface area contributed by atoms with Gasteiger partial charge in [-0.15, -0.1) is 0 Å². The van der Waals surface area contributed by atoms with E-state index < -0.39 is 23.1 Å². The quantitative estimate of drug-likeness (QED) is 0.269. The van der Waals surface area contributed by atoms with Crippen LogP contribution in [0.2, 0.25) is 0 Å². The van der Waals surface area contributed by atoms with E-state index in [-0.39, 0.29) is 39.8 Å². The largest absolute Gasteiger partial charge is 0.475 e. The van der Waals surface area contributed by atoms with Gasteiger partial charge < -0.3 is 14.9 Å². The highest BCUT2D eigenvalue weighted by molar-refractivity contribution is 5.98. The lowest BCUT2D eigenvalue weighted by Crippen LogP contribution is -2.17. The van der Waals surface area contributed by atoms with Crippen LogP contribution in [0.25, 0.3) is 44.4 Å². The summed E-state index contributed by atoms with van der Waals surface area (Å²) >= 11 is 0. The molecule has 0 spiro atoms. The molecule has 0 aliphatic heterocycles. The molecule has 0 radical (unpaired) electrons. The summed E-state index contributed by atoms with van der Waals surface area (Å²) in [7, 11) is 0. The number of benzene rings is 2. The highest BCUT2D eigenvalue weighted by Gasteiger charge is 2.28. The van der Waals surface area contributed by atoms with E-state index in [1.807, 2.05) is 13.8 Å². The molecule has 2 aromatic carbocycles. The Labute approximate surface area is 232 Å². The van der Waals surface area contributed by atoms with Crippen LogP contribution < -0.4 is 15.9 Å². The van der Waals surface area contributed by atoms with Crippen LogP contribution in [0.4, 0.5) is 14.6 Å². The highest BCUT2D eigenvalue weighted by Crippen LogP contribution is 2.36. The predicted octanol–water partition coefficient (Wildman–Crippen LogP) is 5.92. The zero-order chi connectivity index (χ0) is 28.8. The van der Waals surface area contributed by atoms with E-state index in [4.69, 9.17) is 20.0 Å². The minimum absolute atomic E-state index is 0.0127. The second-order valence-electron chi connectivity index (χ2n) is 9.77. The number of fused-ring (bicyclic) bond motifs is 2. The number of ether oxygens (including phenoxy) is 1. The number of nitrogens with two attached hydrogens (primary N) is 1. The molecule has 0 aliphatic rings. The molecule has 0 fully saturated rings. The van der Waals surface area contributed by atoms with Crippen LogP contribution in [0.3, 0.4) is 0 Å². The molecule has 0 amide bonds. The Balaban J connectivity index is 1.59. The number of hydrogen-bond donors (Lipinski definition) is 1. The molecule has 2 N–H and O–H groups in total. The van der Waals surface area contributed by atoms with Gasteiger partial charge in [-0.2, -0.15) is 5.10 Å². The summed E-state index contributed by atoms with van der Waals surface area (Å²) < 4.78 is 42.5. The first-order chi connectivity index (χ1) is 19.7. The van der Waals surface area contributed by atoms with Crippen LogP contribution in [0.1, 0.15) is 32.6 Å². The number of anilines is 1. The second-order valence-corrected chi connectivity index (χ2v) is 9.77. The van der Waals surface area contributed by atoms with Gasteiger partial charge in [-0.3, -0.25) is 4.79 Å². The molecule has 0 saturated heterocycles. The third kappa shape index (κ3) is 4.54. The molecule has 0 saturated carbocycles. The van der Waals surface area contributed by atoms with Crippen molar-refractivity contribution in [2.45, 2.75) is 32.9 Å². The van der Waals surface area contributed by atoms with E-state index >= 15 is 0 Å². The average molecular weight is 555 g/mol. The molecule has 0 bridgehead atoms. The van der Waals surface area contributed by atoms with Crippen LogP contribution in [0.5, 0.6) is 5.88 Å². The Morgan fingerprint density at radius 2 is 1.76 bits per heavy atom. The summed E-state index contributed by atoms with van der Waals surface area (Å²) in [6.07, 6.45) is 2.87. The number of aromatic nitrogens is 5. The van der Waals surface area contributed by atoms with Gasteiger partial charge in [0.05, 0.1) is 17.1 Å². The molecular formula is C30H24F2N6O3. The van der Waals surface area contributed by atoms with Crippen molar-refractivity contribution in [3.8, 4) is 28.3 Å². The smallest absolute Gasteiger partial charge is 0.213 e. The molecule has 41 heavy (non-hydrogen) atoms. The molecule has 4 heterocycles. The zero-order valence-corrected chi connectivity index (χ0v) is 22.3. The first-order valence-electron chi connectivity index (χ1n) is 12.9. The summed E-state index contributed by atoms with van der Waals surface area (Å²) in [6.45, 7) is 5.56. The monoisotopic (exact) mass is 554 g/mol. The van der Waals surface area contributed by atoms with Crippen molar-refractivity contribution in [3.05, 3.63) is 94.7 Å². The van der Waals surface area contributed by atoms with E-state index in [0.717, 1.165) is 0 Å². The highest BCUT2D eigenvalue weighted by atomic mass is 19.1. The Morgan fingerprint density at radius 3 is 2.49 bits per heavy atom. The number of nitrogen functional groups attached to an aromatic ring is 1. The van der Waals surface area contributed by atoms with Gasteiger partial charge >= 0.3 is 0 Å². The maximum absolute atomic E-state index is 14.8. The Bertz CT molecular complexity index is 1990. The van der Waals surface area contributed by atoms with Gasteiger partial charge in [-0.25, -0.2) is 28.4 Å². The van der Waals surface area contributed by atoms with Crippen molar-refractivity contribution in [2.24, 2.45) is 0 Å². The number of pyridine rings is 1. The van der Waals surface area contributed by atoms with Gasteiger partial charge in [0.2, 0.25) is 11.3 Å². The van der Waals surface area contributed by atoms with E-state index in [2.05, 4.69) is 15.0 Å². The lowest BCUT2D eigenvalue weighted by Gasteiger charge is -2.17. The molecule has 4 aromatic heterocycles. The molecule has 9 nitrogen and oxygen atoms in total. The standard InChI is InChI=1S/C30H24F2N6O3/c1-15(2)40-22-11-10-18(13-34-22)26-25-29(33)35-14-36-30(25)38(37-26)16(3)28-23(17-6-4-7-19(31)12-17)27(39)24-20(32)8-5-9-21(24)41-28/h4-16H,1-3H3,(H2,33,35,36). The second kappa shape index (κ2) is 10.1. The molecule has 1 unspecified atom stereocenters. The van der Waals surface area contributed by atoms with E-state index in [0.29, 0.717) is 28.2 Å². The number of nitrogens with zero attached hydrogens (tertiary/aromatic N) is 5. The molecule has 6 aromatic rings. The SMILES string of the molecule is CC(C)Oc1ccc(-c2nn(C(C)c3oc4cccc(F)c4c(=O)c3-c3cccc(F)c3)c3ncnc(N)c23)cn1. The Kier molecular flexibility index (Phi) is 6.41. The summed E-state index contributed by atoms with van der Waals surface area (Å²) in [5.41, 5.74) is 7.41. The lowest BCUT2D eigenvalue weighted by molar-refractivity contribution is 0.232. The summed E-state index contributed by atoms with van der Waals surface area (Å²) in [5, 5.41) is 5.06. The fraction of sp³-hybridized carbons (Fsp3) is 0.167. The van der Waals surface area contributed by atoms with Crippen molar-refractivity contribution >= 4 is 27.8 Å². The zero-order valence-electron chi connectivity index (χ0n) is 22.3. The van der Waals surface area contributed by atoms with Gasteiger partial charge in [0.1, 0.15) is 52.2 Å². The Hall–Kier alpha value is -5.19. The van der Waals surface area contributed by atoms with Gasteiger partial charge in [0.15, 0.2) is 5.65 Å². The van der Waals surface area contributed by atoms with Crippen molar-refractivity contribution in [2.75, 3.05) is 5.73 Å². The maximum Gasteiger partial charge on any atom is 0.213 e. The maximum atomic E-state index is 14.8. The van der Waals surface area contributed by atoms with Crippen molar-refractivity contribution in [3.63, 3.8) is 0 Å². The normalized spacial score (nSPS) is 12.3. The molecule has 206 valence electrons. The average Bonchev–Trinajstić information content (AvgIpc) is 3.33. The minimum Gasteiger partial charge on any atom is -0.475 e. The molecular weight excluding hydrogens is 530 g/mol. The molecule has 11 heteroatoms. The first-order valence-corrected chi connectivity index (χ1v) is 12.9. The lowest BCUT2D eigenvalue weighted by atomic mass is 9.99. The van der Waals surface area contributed by atoms with Crippen molar-refractivity contribution in [1.82, 2.24) is 24.7 Å². The number of rotatable bonds is 6. The fourth-order valence-electron chi connectivity index (χ4n) is 4.84. The summed E-state index contributed by atoms with van der Waals surface area (Å²) in [5.74, 6) is -0.504. The van der Waals surface area contributed by atoms with Crippen LogP contribution in [-0.2, 0) is 0 Å². The topological polar surface area (TPSA) is 122 Å². The minimum atomic E-state index is -0.768. The first kappa shape index (κ1) is 26.1. The summed E-state index contributed by atoms with van der Waals surface area (Å²) in [6, 6.07) is 12.4. The van der Waals surface area contributed by atoms with Crippen LogP contribution >= 0.6 is 0 Å². The van der Waals surface area contributed by atoms with Gasteiger partial charge in [0.25, 0.3) is 0 Å². The number of hydrogen-bond acceptors (Lipinski definition) is 8. The van der Waals surface area contributed by atoms with Gasteiger partial charge in [-0.05, 0) is 56.7 Å². The third-order valence-electron chi connectivity index (χ3n) is 6.64. The molecule has 1 atom stereocenters. The van der Waals surface area contributed by atoms with E-state index in [9.17, 15) is 13.6 Å². The molecule has 6 rings (SSSR count). The van der Waals surface area contributed by atoms with Crippen LogP contribution in [0, 0.1) is 11.6 Å². The van der Waals surface area contributed by atoms with Crippen LogP contribution in [-0.4, -0.2) is 30.8 Å².